The standard InChI is InChI=1S/C18H17N3O5/c22-17(12-26-16-7-2-6-15(11-16)21(24)25)19-13-4-1-5-14(10-13)20-9-3-8-18(20)23/h1-2,4-7,10-11H,3,8-9,12H2,(H,19,22). The van der Waals surface area contributed by atoms with Crippen LogP contribution in [0.1, 0.15) is 12.8 Å². The molecule has 0 aliphatic carbocycles. The van der Waals surface area contributed by atoms with Crippen molar-refractivity contribution in [3.8, 4) is 5.75 Å². The molecule has 0 bridgehead atoms. The van der Waals surface area contributed by atoms with E-state index < -0.39 is 10.8 Å². The molecule has 134 valence electrons. The van der Waals surface area contributed by atoms with E-state index >= 15 is 0 Å². The van der Waals surface area contributed by atoms with Crippen LogP contribution >= 0.6 is 0 Å². The van der Waals surface area contributed by atoms with Crippen LogP contribution in [0.3, 0.4) is 0 Å². The van der Waals surface area contributed by atoms with Gasteiger partial charge in [0.1, 0.15) is 5.75 Å². The van der Waals surface area contributed by atoms with Gasteiger partial charge in [0.15, 0.2) is 6.61 Å². The van der Waals surface area contributed by atoms with Crippen molar-refractivity contribution in [2.75, 3.05) is 23.4 Å². The Morgan fingerprint density at radius 1 is 1.23 bits per heavy atom. The second-order valence-corrected chi connectivity index (χ2v) is 5.79. The largest absolute Gasteiger partial charge is 0.484 e. The van der Waals surface area contributed by atoms with Crippen LogP contribution in [0.4, 0.5) is 17.1 Å². The summed E-state index contributed by atoms with van der Waals surface area (Å²) in [5, 5.41) is 13.4. The van der Waals surface area contributed by atoms with Gasteiger partial charge in [0, 0.05) is 30.4 Å². The smallest absolute Gasteiger partial charge is 0.273 e. The van der Waals surface area contributed by atoms with Crippen LogP contribution < -0.4 is 15.0 Å². The number of nitro benzene ring substituents is 1. The molecule has 0 saturated carbocycles. The predicted octanol–water partition coefficient (Wildman–Crippen LogP) is 2.74. The number of rotatable bonds is 6. The zero-order chi connectivity index (χ0) is 18.5. The minimum Gasteiger partial charge on any atom is -0.484 e. The van der Waals surface area contributed by atoms with Crippen LogP contribution in [0.15, 0.2) is 48.5 Å². The molecule has 0 spiro atoms. The molecule has 8 nitrogen and oxygen atoms in total. The highest BCUT2D eigenvalue weighted by Gasteiger charge is 2.21. The number of hydrogen-bond acceptors (Lipinski definition) is 5. The normalized spacial score (nSPS) is 13.5. The highest BCUT2D eigenvalue weighted by Crippen LogP contribution is 2.24. The SMILES string of the molecule is O=C(COc1cccc([N+](=O)[O-])c1)Nc1cccc(N2CCCC2=O)c1. The zero-order valence-corrected chi connectivity index (χ0v) is 13.9. The van der Waals surface area contributed by atoms with Crippen molar-refractivity contribution in [1.29, 1.82) is 0 Å². The van der Waals surface area contributed by atoms with Gasteiger partial charge in [0.05, 0.1) is 11.0 Å². The Hall–Kier alpha value is -3.42. The Labute approximate surface area is 149 Å². The number of hydrogen-bond donors (Lipinski definition) is 1. The minimum atomic E-state index is -0.530. The topological polar surface area (TPSA) is 102 Å². The van der Waals surface area contributed by atoms with Crippen molar-refractivity contribution in [2.24, 2.45) is 0 Å². The van der Waals surface area contributed by atoms with Crippen molar-refractivity contribution in [3.63, 3.8) is 0 Å². The summed E-state index contributed by atoms with van der Waals surface area (Å²) in [4.78, 5) is 35.8. The highest BCUT2D eigenvalue weighted by molar-refractivity contribution is 5.97. The Bertz CT molecular complexity index is 852. The first-order chi connectivity index (χ1) is 12.5. The van der Waals surface area contributed by atoms with E-state index in [0.717, 1.165) is 12.1 Å². The van der Waals surface area contributed by atoms with Crippen molar-refractivity contribution in [1.82, 2.24) is 0 Å². The molecule has 0 aromatic heterocycles. The van der Waals surface area contributed by atoms with E-state index in [1.54, 1.807) is 29.2 Å². The van der Waals surface area contributed by atoms with E-state index in [9.17, 15) is 19.7 Å². The van der Waals surface area contributed by atoms with Gasteiger partial charge in [-0.05, 0) is 30.7 Å². The first kappa shape index (κ1) is 17.4. The molecule has 0 unspecified atom stereocenters. The van der Waals surface area contributed by atoms with Gasteiger partial charge in [-0.1, -0.05) is 12.1 Å². The number of non-ortho nitro benzene ring substituents is 1. The fourth-order valence-electron chi connectivity index (χ4n) is 2.71. The van der Waals surface area contributed by atoms with Crippen LogP contribution in [0.5, 0.6) is 5.75 Å². The van der Waals surface area contributed by atoms with Gasteiger partial charge >= 0.3 is 0 Å². The molecule has 1 fully saturated rings. The number of nitrogens with one attached hydrogen (secondary N) is 1. The van der Waals surface area contributed by atoms with Gasteiger partial charge in [-0.3, -0.25) is 19.7 Å². The average Bonchev–Trinajstić information content (AvgIpc) is 3.06. The third-order valence-electron chi connectivity index (χ3n) is 3.91. The van der Waals surface area contributed by atoms with Gasteiger partial charge in [0.2, 0.25) is 5.91 Å². The predicted molar refractivity (Wildman–Crippen MR) is 95.3 cm³/mol. The van der Waals surface area contributed by atoms with Gasteiger partial charge < -0.3 is 15.0 Å². The number of ether oxygens (including phenoxy) is 1. The molecule has 0 radical (unpaired) electrons. The fourth-order valence-corrected chi connectivity index (χ4v) is 2.71. The molecule has 1 heterocycles. The average molecular weight is 355 g/mol. The maximum atomic E-state index is 12.1. The van der Waals surface area contributed by atoms with Crippen molar-refractivity contribution in [3.05, 3.63) is 58.6 Å². The van der Waals surface area contributed by atoms with E-state index in [-0.39, 0.29) is 24.0 Å². The monoisotopic (exact) mass is 355 g/mol. The summed E-state index contributed by atoms with van der Waals surface area (Å²) in [6.07, 6.45) is 1.36. The van der Waals surface area contributed by atoms with Gasteiger partial charge in [-0.2, -0.15) is 0 Å². The number of carbonyl (C=O) groups excluding carboxylic acids is 2. The molecule has 2 aromatic carbocycles. The summed E-state index contributed by atoms with van der Waals surface area (Å²) < 4.78 is 5.30. The van der Waals surface area contributed by atoms with Crippen LogP contribution in [-0.4, -0.2) is 29.9 Å². The molecule has 1 N–H and O–H groups in total. The van der Waals surface area contributed by atoms with E-state index in [1.165, 1.54) is 18.2 Å². The summed E-state index contributed by atoms with van der Waals surface area (Å²) >= 11 is 0. The van der Waals surface area contributed by atoms with Gasteiger partial charge in [0.25, 0.3) is 11.6 Å². The zero-order valence-electron chi connectivity index (χ0n) is 13.9. The number of carbonyl (C=O) groups is 2. The minimum absolute atomic E-state index is 0.0717. The Balaban J connectivity index is 1.59. The maximum absolute atomic E-state index is 12.1. The number of nitro groups is 1. The molecular formula is C18H17N3O5. The van der Waals surface area contributed by atoms with E-state index in [4.69, 9.17) is 4.74 Å². The summed E-state index contributed by atoms with van der Waals surface area (Å²) in [5.41, 5.74) is 1.19. The summed E-state index contributed by atoms with van der Waals surface area (Å²) in [6.45, 7) is 0.389. The molecule has 1 aliphatic rings. The van der Waals surface area contributed by atoms with Crippen molar-refractivity contribution in [2.45, 2.75) is 12.8 Å². The molecule has 26 heavy (non-hydrogen) atoms. The number of benzene rings is 2. The number of nitrogens with zero attached hydrogens (tertiary/aromatic N) is 2. The van der Waals surface area contributed by atoms with Crippen LogP contribution in [0.25, 0.3) is 0 Å². The molecule has 2 amide bonds. The lowest BCUT2D eigenvalue weighted by Crippen LogP contribution is -2.24. The molecular weight excluding hydrogens is 338 g/mol. The lowest BCUT2D eigenvalue weighted by molar-refractivity contribution is -0.384. The van der Waals surface area contributed by atoms with E-state index in [2.05, 4.69) is 5.32 Å². The second-order valence-electron chi connectivity index (χ2n) is 5.79. The molecule has 3 rings (SSSR count). The summed E-state index contributed by atoms with van der Waals surface area (Å²) in [7, 11) is 0. The number of amides is 2. The van der Waals surface area contributed by atoms with Crippen LogP contribution in [-0.2, 0) is 9.59 Å². The Morgan fingerprint density at radius 2 is 2.04 bits per heavy atom. The first-order valence-electron chi connectivity index (χ1n) is 8.10. The fraction of sp³-hybridized carbons (Fsp3) is 0.222. The molecule has 0 atom stereocenters. The summed E-state index contributed by atoms with van der Waals surface area (Å²) in [6, 6.07) is 12.7. The summed E-state index contributed by atoms with van der Waals surface area (Å²) in [5.74, 6) is -0.0883. The van der Waals surface area contributed by atoms with E-state index in [1.807, 2.05) is 6.07 Å². The maximum Gasteiger partial charge on any atom is 0.273 e. The molecule has 8 heteroatoms. The van der Waals surface area contributed by atoms with Crippen molar-refractivity contribution >= 4 is 28.9 Å². The van der Waals surface area contributed by atoms with Gasteiger partial charge in [-0.15, -0.1) is 0 Å². The molecule has 1 saturated heterocycles. The third-order valence-corrected chi connectivity index (χ3v) is 3.91. The third kappa shape index (κ3) is 4.15. The van der Waals surface area contributed by atoms with Gasteiger partial charge in [-0.25, -0.2) is 0 Å². The van der Waals surface area contributed by atoms with E-state index in [0.29, 0.717) is 18.7 Å². The Kier molecular flexibility index (Phi) is 5.12. The molecule has 1 aliphatic heterocycles. The van der Waals surface area contributed by atoms with Crippen LogP contribution in [0.2, 0.25) is 0 Å². The van der Waals surface area contributed by atoms with Crippen LogP contribution in [0, 0.1) is 10.1 Å². The number of anilines is 2. The lowest BCUT2D eigenvalue weighted by atomic mass is 10.2. The molecule has 2 aromatic rings. The quantitative estimate of drug-likeness (QED) is 0.634. The lowest BCUT2D eigenvalue weighted by Gasteiger charge is -2.16. The second kappa shape index (κ2) is 7.64. The van der Waals surface area contributed by atoms with Crippen molar-refractivity contribution < 1.29 is 19.2 Å². The highest BCUT2D eigenvalue weighted by atomic mass is 16.6. The Morgan fingerprint density at radius 3 is 2.77 bits per heavy atom. The first-order valence-corrected chi connectivity index (χ1v) is 8.10.